The first kappa shape index (κ1) is 23.8. The van der Waals surface area contributed by atoms with Crippen molar-refractivity contribution in [3.8, 4) is 5.75 Å². The molecule has 1 aliphatic carbocycles. The highest BCUT2D eigenvalue weighted by atomic mass is 35.5. The molecule has 3 N–H and O–H groups in total. The van der Waals surface area contributed by atoms with Crippen molar-refractivity contribution in [2.75, 3.05) is 17.2 Å². The number of aryl methyl sites for hydroxylation is 1. The molecule has 1 aromatic carbocycles. The van der Waals surface area contributed by atoms with Gasteiger partial charge in [0.1, 0.15) is 10.8 Å². The maximum atomic E-state index is 12.8. The van der Waals surface area contributed by atoms with E-state index in [1.165, 1.54) is 22.0 Å². The van der Waals surface area contributed by atoms with E-state index in [4.69, 9.17) is 16.3 Å². The van der Waals surface area contributed by atoms with E-state index in [1.807, 2.05) is 0 Å². The number of rotatable bonds is 8. The molecule has 0 bridgehead atoms. The number of sulfone groups is 1. The Morgan fingerprint density at radius 2 is 2.00 bits per heavy atom. The fourth-order valence-corrected chi connectivity index (χ4v) is 5.06. The lowest BCUT2D eigenvalue weighted by atomic mass is 9.99. The highest BCUT2D eigenvalue weighted by Crippen LogP contribution is 2.37. The molecule has 3 aromatic rings. The topological polar surface area (TPSA) is 123 Å². The van der Waals surface area contributed by atoms with Gasteiger partial charge < -0.3 is 20.7 Å². The van der Waals surface area contributed by atoms with E-state index >= 15 is 0 Å². The van der Waals surface area contributed by atoms with Gasteiger partial charge in [-0.3, -0.25) is 4.68 Å². The van der Waals surface area contributed by atoms with Gasteiger partial charge in [-0.15, -0.1) is 0 Å². The van der Waals surface area contributed by atoms with E-state index in [0.29, 0.717) is 11.6 Å². The van der Waals surface area contributed by atoms with Gasteiger partial charge in [-0.1, -0.05) is 11.6 Å². The molecular weight excluding hydrogens is 490 g/mol. The average Bonchev–Trinajstić information content (AvgIpc) is 3.55. The molecule has 3 heterocycles. The molecule has 5 rings (SSSR count). The van der Waals surface area contributed by atoms with Crippen molar-refractivity contribution in [3.63, 3.8) is 0 Å². The lowest BCUT2D eigenvalue weighted by molar-refractivity contribution is 0.304. The molecule has 2 aromatic heterocycles. The van der Waals surface area contributed by atoms with Crippen molar-refractivity contribution < 1.29 is 13.2 Å². The molecule has 0 atom stereocenters. The van der Waals surface area contributed by atoms with Crippen molar-refractivity contribution in [1.82, 2.24) is 25.1 Å². The van der Waals surface area contributed by atoms with Crippen LogP contribution in [0.2, 0.25) is 5.02 Å². The number of nitrogens with one attached hydrogen (secondary N) is 3. The average molecular weight is 518 g/mol. The van der Waals surface area contributed by atoms with E-state index in [-0.39, 0.29) is 22.0 Å². The van der Waals surface area contributed by atoms with Crippen molar-refractivity contribution >= 4 is 44.6 Å². The third-order valence-corrected chi connectivity index (χ3v) is 8.29. The second kappa shape index (κ2) is 9.29. The van der Waals surface area contributed by atoms with Crippen molar-refractivity contribution in [2.24, 2.45) is 7.05 Å². The van der Waals surface area contributed by atoms with Crippen molar-refractivity contribution in [1.29, 1.82) is 0 Å². The second-order valence-electron chi connectivity index (χ2n) is 9.12. The van der Waals surface area contributed by atoms with Gasteiger partial charge in [0.15, 0.2) is 5.82 Å². The van der Waals surface area contributed by atoms with Gasteiger partial charge >= 0.3 is 0 Å². The van der Waals surface area contributed by atoms with Gasteiger partial charge in [-0.2, -0.15) is 10.1 Å². The Morgan fingerprint density at radius 1 is 1.20 bits per heavy atom. The van der Waals surface area contributed by atoms with Crippen LogP contribution in [0.3, 0.4) is 0 Å². The smallest absolute Gasteiger partial charge is 0.229 e. The van der Waals surface area contributed by atoms with Crippen LogP contribution in [0.4, 0.5) is 23.1 Å². The number of fused-ring (bicyclic) bond motifs is 1. The van der Waals surface area contributed by atoms with Gasteiger partial charge in [-0.25, -0.2) is 13.4 Å². The number of aromatic nitrogens is 4. The van der Waals surface area contributed by atoms with Gasteiger partial charge in [0, 0.05) is 19.8 Å². The molecule has 35 heavy (non-hydrogen) atoms. The lowest BCUT2D eigenvalue weighted by Gasteiger charge is -2.21. The Balaban J connectivity index is 1.46. The maximum absolute atomic E-state index is 12.8. The minimum Gasteiger partial charge on any atom is -0.488 e. The second-order valence-corrected chi connectivity index (χ2v) is 11.9. The van der Waals surface area contributed by atoms with Crippen LogP contribution in [0.15, 0.2) is 29.6 Å². The number of halogens is 1. The Hall–Kier alpha value is -2.89. The minimum atomic E-state index is -3.62. The van der Waals surface area contributed by atoms with E-state index in [9.17, 15) is 8.42 Å². The number of anilines is 4. The van der Waals surface area contributed by atoms with Gasteiger partial charge in [0.25, 0.3) is 0 Å². The quantitative estimate of drug-likeness (QED) is 0.410. The van der Waals surface area contributed by atoms with Crippen molar-refractivity contribution in [2.45, 2.75) is 56.0 Å². The van der Waals surface area contributed by atoms with Crippen LogP contribution in [0.1, 0.15) is 37.8 Å². The number of nitrogens with zero attached hydrogens (tertiary/aromatic N) is 4. The summed E-state index contributed by atoms with van der Waals surface area (Å²) >= 11 is 6.36. The molecule has 10 nitrogen and oxygen atoms in total. The highest BCUT2D eigenvalue weighted by molar-refractivity contribution is 7.92. The predicted molar refractivity (Wildman–Crippen MR) is 135 cm³/mol. The highest BCUT2D eigenvalue weighted by Gasteiger charge is 2.28. The summed E-state index contributed by atoms with van der Waals surface area (Å²) < 4.78 is 33.2. The van der Waals surface area contributed by atoms with Crippen LogP contribution in [0.5, 0.6) is 5.75 Å². The van der Waals surface area contributed by atoms with Crippen LogP contribution in [0.25, 0.3) is 0 Å². The summed E-state index contributed by atoms with van der Waals surface area (Å²) in [7, 11) is -1.96. The number of hydrogen-bond donors (Lipinski definition) is 3. The zero-order valence-electron chi connectivity index (χ0n) is 19.8. The van der Waals surface area contributed by atoms with Crippen LogP contribution in [-0.4, -0.2) is 46.1 Å². The van der Waals surface area contributed by atoms with Crippen LogP contribution >= 0.6 is 11.6 Å². The molecular formula is C23H28ClN7O3S. The predicted octanol–water partition coefficient (Wildman–Crippen LogP) is 3.72. The molecule has 0 amide bonds. The number of ether oxygens (including phenoxy) is 1. The van der Waals surface area contributed by atoms with Crippen molar-refractivity contribution in [3.05, 3.63) is 40.7 Å². The number of benzene rings is 1. The summed E-state index contributed by atoms with van der Waals surface area (Å²) in [6.07, 6.45) is 6.31. The minimum absolute atomic E-state index is 0.0531. The Labute approximate surface area is 209 Å². The molecule has 1 aliphatic heterocycles. The molecule has 1 saturated carbocycles. The molecule has 2 aliphatic rings. The molecule has 0 saturated heterocycles. The SMILES string of the molecule is CC(C)S(=O)(=O)c1nn(C)cc1Nc1nc(Nc2cc3c(cc2OC2CC2)CNCC3)ncc1Cl. The fourth-order valence-electron chi connectivity index (χ4n) is 3.82. The normalized spacial score (nSPS) is 15.7. The van der Waals surface area contributed by atoms with Crippen LogP contribution in [-0.2, 0) is 29.9 Å². The zero-order chi connectivity index (χ0) is 24.7. The molecule has 0 unspecified atom stereocenters. The summed E-state index contributed by atoms with van der Waals surface area (Å²) in [5.74, 6) is 1.34. The third-order valence-electron chi connectivity index (χ3n) is 5.94. The molecule has 0 spiro atoms. The Kier molecular flexibility index (Phi) is 6.32. The first-order valence-corrected chi connectivity index (χ1v) is 13.5. The van der Waals surface area contributed by atoms with E-state index in [0.717, 1.165) is 43.8 Å². The summed E-state index contributed by atoms with van der Waals surface area (Å²) in [5.41, 5.74) is 3.56. The molecule has 186 valence electrons. The standard InChI is InChI=1S/C23H28ClN7O3S/c1-13(2)35(32,33)22-19(12-31(3)30-22)27-21-17(24)11-26-23(29-21)28-18-8-14-6-7-25-10-15(14)9-20(18)34-16-4-5-16/h8-9,11-13,16,25H,4-7,10H2,1-3H3,(H2,26,27,28,29). The summed E-state index contributed by atoms with van der Waals surface area (Å²) in [5, 5.41) is 13.4. The molecule has 0 radical (unpaired) electrons. The first-order valence-electron chi connectivity index (χ1n) is 11.6. The summed E-state index contributed by atoms with van der Waals surface area (Å²) in [6, 6.07) is 4.17. The van der Waals surface area contributed by atoms with E-state index in [1.54, 1.807) is 27.1 Å². The first-order chi connectivity index (χ1) is 16.7. The van der Waals surface area contributed by atoms with Gasteiger partial charge in [0.2, 0.25) is 20.8 Å². The Morgan fingerprint density at radius 3 is 2.74 bits per heavy atom. The largest absolute Gasteiger partial charge is 0.488 e. The summed E-state index contributed by atoms with van der Waals surface area (Å²) in [6.45, 7) is 4.97. The zero-order valence-corrected chi connectivity index (χ0v) is 21.4. The fraction of sp³-hybridized carbons (Fsp3) is 0.435. The van der Waals surface area contributed by atoms with Crippen LogP contribution in [0, 0.1) is 0 Å². The molecule has 12 heteroatoms. The van der Waals surface area contributed by atoms with E-state index < -0.39 is 15.1 Å². The van der Waals surface area contributed by atoms with E-state index in [2.05, 4.69) is 43.1 Å². The van der Waals surface area contributed by atoms with Gasteiger partial charge in [-0.05, 0) is 62.9 Å². The lowest BCUT2D eigenvalue weighted by Crippen LogP contribution is -2.23. The monoisotopic (exact) mass is 517 g/mol. The van der Waals surface area contributed by atoms with Gasteiger partial charge in [0.05, 0.1) is 28.9 Å². The third kappa shape index (κ3) is 5.07. The number of hydrogen-bond acceptors (Lipinski definition) is 9. The Bertz CT molecular complexity index is 1370. The summed E-state index contributed by atoms with van der Waals surface area (Å²) in [4.78, 5) is 8.85. The maximum Gasteiger partial charge on any atom is 0.229 e. The van der Waals surface area contributed by atoms with Crippen LogP contribution < -0.4 is 20.7 Å². The molecule has 1 fully saturated rings.